The maximum atomic E-state index is 12.5. The molecular formula is C14H24N4O2S. The van der Waals surface area contributed by atoms with E-state index in [9.17, 15) is 8.42 Å². The Balaban J connectivity index is 2.03. The summed E-state index contributed by atoms with van der Waals surface area (Å²) in [5.41, 5.74) is 0. The summed E-state index contributed by atoms with van der Waals surface area (Å²) in [6.45, 7) is 6.12. The number of anilines is 1. The molecule has 2 heterocycles. The SMILES string of the molecule is CCNc1cc(S(=O)(=O)N(C)CCN2CCCC2)ccn1. The average Bonchev–Trinajstić information content (AvgIpc) is 2.98. The van der Waals surface area contributed by atoms with Crippen LogP contribution in [0.15, 0.2) is 23.2 Å². The van der Waals surface area contributed by atoms with Crippen molar-refractivity contribution >= 4 is 15.8 Å². The Morgan fingerprint density at radius 3 is 2.76 bits per heavy atom. The highest BCUT2D eigenvalue weighted by Gasteiger charge is 2.22. The zero-order chi connectivity index (χ0) is 15.3. The fraction of sp³-hybridized carbons (Fsp3) is 0.643. The normalized spacial score (nSPS) is 16.5. The third-order valence-corrected chi connectivity index (χ3v) is 5.58. The summed E-state index contributed by atoms with van der Waals surface area (Å²) >= 11 is 0. The first-order chi connectivity index (χ1) is 10.0. The van der Waals surface area contributed by atoms with Crippen LogP contribution in [0, 0.1) is 0 Å². The largest absolute Gasteiger partial charge is 0.370 e. The number of rotatable bonds is 7. The molecule has 7 heteroatoms. The van der Waals surface area contributed by atoms with Crippen molar-refractivity contribution in [2.45, 2.75) is 24.7 Å². The van der Waals surface area contributed by atoms with E-state index < -0.39 is 10.0 Å². The van der Waals surface area contributed by atoms with E-state index in [1.807, 2.05) is 6.92 Å². The third-order valence-electron chi connectivity index (χ3n) is 3.73. The predicted molar refractivity (Wildman–Crippen MR) is 83.9 cm³/mol. The number of nitrogens with zero attached hydrogens (tertiary/aromatic N) is 3. The van der Waals surface area contributed by atoms with E-state index in [1.165, 1.54) is 23.3 Å². The van der Waals surface area contributed by atoms with Gasteiger partial charge in [0.15, 0.2) is 0 Å². The lowest BCUT2D eigenvalue weighted by Gasteiger charge is -2.21. The number of pyridine rings is 1. The van der Waals surface area contributed by atoms with Crippen LogP contribution in [0.25, 0.3) is 0 Å². The summed E-state index contributed by atoms with van der Waals surface area (Å²) < 4.78 is 26.5. The van der Waals surface area contributed by atoms with Gasteiger partial charge in [-0.05, 0) is 38.9 Å². The Morgan fingerprint density at radius 2 is 2.10 bits per heavy atom. The molecule has 0 unspecified atom stereocenters. The standard InChI is InChI=1S/C14H24N4O2S/c1-3-15-14-12-13(6-7-16-14)21(19,20)17(2)10-11-18-8-4-5-9-18/h6-7,12H,3-5,8-11H2,1-2H3,(H,15,16). The van der Waals surface area contributed by atoms with Crippen LogP contribution in [0.2, 0.25) is 0 Å². The van der Waals surface area contributed by atoms with Crippen LogP contribution in [0.4, 0.5) is 5.82 Å². The van der Waals surface area contributed by atoms with Gasteiger partial charge in [-0.1, -0.05) is 0 Å². The van der Waals surface area contributed by atoms with Crippen LogP contribution < -0.4 is 5.32 Å². The van der Waals surface area contributed by atoms with Gasteiger partial charge in [-0.15, -0.1) is 0 Å². The molecule has 1 aliphatic heterocycles. The molecule has 1 aromatic heterocycles. The zero-order valence-electron chi connectivity index (χ0n) is 12.7. The first kappa shape index (κ1) is 16.2. The highest BCUT2D eigenvalue weighted by Crippen LogP contribution is 2.17. The van der Waals surface area contributed by atoms with Gasteiger partial charge < -0.3 is 10.2 Å². The highest BCUT2D eigenvalue weighted by molar-refractivity contribution is 7.89. The van der Waals surface area contributed by atoms with Crippen LogP contribution in [0.1, 0.15) is 19.8 Å². The molecule has 0 radical (unpaired) electrons. The fourth-order valence-corrected chi connectivity index (χ4v) is 3.61. The number of hydrogen-bond donors (Lipinski definition) is 1. The second-order valence-corrected chi connectivity index (χ2v) is 7.33. The van der Waals surface area contributed by atoms with Crippen molar-refractivity contribution in [1.82, 2.24) is 14.2 Å². The molecule has 21 heavy (non-hydrogen) atoms. The van der Waals surface area contributed by atoms with E-state index in [0.717, 1.165) is 19.6 Å². The Kier molecular flexibility index (Phi) is 5.55. The molecule has 1 saturated heterocycles. The van der Waals surface area contributed by atoms with Gasteiger partial charge in [0.25, 0.3) is 0 Å². The molecule has 2 rings (SSSR count). The van der Waals surface area contributed by atoms with Gasteiger partial charge in [-0.2, -0.15) is 4.31 Å². The lowest BCUT2D eigenvalue weighted by molar-refractivity contribution is 0.310. The maximum Gasteiger partial charge on any atom is 0.243 e. The van der Waals surface area contributed by atoms with Crippen LogP contribution >= 0.6 is 0 Å². The topological polar surface area (TPSA) is 65.5 Å². The second-order valence-electron chi connectivity index (χ2n) is 5.28. The van der Waals surface area contributed by atoms with Gasteiger partial charge in [0.05, 0.1) is 4.90 Å². The van der Waals surface area contributed by atoms with Crippen LogP contribution in [0.5, 0.6) is 0 Å². The molecule has 0 spiro atoms. The van der Waals surface area contributed by atoms with Gasteiger partial charge >= 0.3 is 0 Å². The Labute approximate surface area is 127 Å². The number of likely N-dealkylation sites (N-methyl/N-ethyl adjacent to an activating group) is 1. The summed E-state index contributed by atoms with van der Waals surface area (Å²) in [6.07, 6.45) is 3.96. The average molecular weight is 312 g/mol. The minimum atomic E-state index is -3.44. The molecule has 0 aliphatic carbocycles. The van der Waals surface area contributed by atoms with Crippen molar-refractivity contribution in [2.75, 3.05) is 45.1 Å². The van der Waals surface area contributed by atoms with Gasteiger partial charge in [0.2, 0.25) is 10.0 Å². The van der Waals surface area contributed by atoms with E-state index in [1.54, 1.807) is 19.2 Å². The summed E-state index contributed by atoms with van der Waals surface area (Å²) in [4.78, 5) is 6.71. The predicted octanol–water partition coefficient (Wildman–Crippen LogP) is 1.23. The molecule has 1 aliphatic rings. The Hall–Kier alpha value is -1.18. The van der Waals surface area contributed by atoms with Crippen molar-refractivity contribution in [2.24, 2.45) is 0 Å². The molecule has 0 saturated carbocycles. The maximum absolute atomic E-state index is 12.5. The van der Waals surface area contributed by atoms with Gasteiger partial charge in [0.1, 0.15) is 5.82 Å². The van der Waals surface area contributed by atoms with E-state index in [-0.39, 0.29) is 4.90 Å². The van der Waals surface area contributed by atoms with E-state index in [0.29, 0.717) is 18.9 Å². The quantitative estimate of drug-likeness (QED) is 0.820. The van der Waals surface area contributed by atoms with E-state index in [2.05, 4.69) is 15.2 Å². The van der Waals surface area contributed by atoms with Crippen LogP contribution in [-0.4, -0.2) is 62.4 Å². The molecule has 118 valence electrons. The minimum absolute atomic E-state index is 0.289. The van der Waals surface area contributed by atoms with E-state index >= 15 is 0 Å². The fourth-order valence-electron chi connectivity index (χ4n) is 2.44. The van der Waals surface area contributed by atoms with Gasteiger partial charge in [0, 0.05) is 38.9 Å². The van der Waals surface area contributed by atoms with Crippen molar-refractivity contribution < 1.29 is 8.42 Å². The first-order valence-electron chi connectivity index (χ1n) is 7.42. The number of likely N-dealkylation sites (tertiary alicyclic amines) is 1. The summed E-state index contributed by atoms with van der Waals surface area (Å²) in [5, 5.41) is 3.03. The Bertz CT molecular complexity index is 556. The monoisotopic (exact) mass is 312 g/mol. The second kappa shape index (κ2) is 7.20. The number of sulfonamides is 1. The minimum Gasteiger partial charge on any atom is -0.370 e. The molecule has 0 bridgehead atoms. The zero-order valence-corrected chi connectivity index (χ0v) is 13.6. The summed E-state index contributed by atoms with van der Waals surface area (Å²) in [7, 11) is -1.81. The van der Waals surface area contributed by atoms with Crippen LogP contribution in [0.3, 0.4) is 0 Å². The number of aromatic nitrogens is 1. The van der Waals surface area contributed by atoms with Crippen molar-refractivity contribution in [3.05, 3.63) is 18.3 Å². The van der Waals surface area contributed by atoms with Crippen molar-refractivity contribution in [3.63, 3.8) is 0 Å². The molecule has 0 amide bonds. The lowest BCUT2D eigenvalue weighted by Crippen LogP contribution is -2.35. The van der Waals surface area contributed by atoms with Gasteiger partial charge in [-0.25, -0.2) is 13.4 Å². The van der Waals surface area contributed by atoms with E-state index in [4.69, 9.17) is 0 Å². The molecule has 1 aromatic rings. The van der Waals surface area contributed by atoms with Crippen molar-refractivity contribution in [1.29, 1.82) is 0 Å². The smallest absolute Gasteiger partial charge is 0.243 e. The molecule has 0 atom stereocenters. The van der Waals surface area contributed by atoms with Crippen molar-refractivity contribution in [3.8, 4) is 0 Å². The number of nitrogens with one attached hydrogen (secondary N) is 1. The molecular weight excluding hydrogens is 288 g/mol. The van der Waals surface area contributed by atoms with Crippen LogP contribution in [-0.2, 0) is 10.0 Å². The molecule has 6 nitrogen and oxygen atoms in total. The molecule has 1 N–H and O–H groups in total. The summed E-state index contributed by atoms with van der Waals surface area (Å²) in [5.74, 6) is 0.589. The first-order valence-corrected chi connectivity index (χ1v) is 8.86. The molecule has 0 aromatic carbocycles. The third kappa shape index (κ3) is 4.15. The highest BCUT2D eigenvalue weighted by atomic mass is 32.2. The Morgan fingerprint density at radius 1 is 1.38 bits per heavy atom. The summed E-state index contributed by atoms with van der Waals surface area (Å²) in [6, 6.07) is 3.13. The molecule has 1 fully saturated rings. The van der Waals surface area contributed by atoms with Gasteiger partial charge in [-0.3, -0.25) is 0 Å². The lowest BCUT2D eigenvalue weighted by atomic mass is 10.4. The number of hydrogen-bond acceptors (Lipinski definition) is 5.